The molecule has 5 aromatic rings. The summed E-state index contributed by atoms with van der Waals surface area (Å²) >= 11 is 0. The number of ether oxygens (including phenoxy) is 3. The first-order chi connectivity index (χ1) is 17.1. The number of benzene rings is 2. The molecule has 0 bridgehead atoms. The van der Waals surface area contributed by atoms with Crippen molar-refractivity contribution in [3.8, 4) is 28.5 Å². The summed E-state index contributed by atoms with van der Waals surface area (Å²) in [5.41, 5.74) is 4.28. The summed E-state index contributed by atoms with van der Waals surface area (Å²) in [5, 5.41) is 4.84. The number of pyridine rings is 2. The molecule has 176 valence electrons. The minimum Gasteiger partial charge on any atom is -0.493 e. The van der Waals surface area contributed by atoms with Gasteiger partial charge in [0.25, 0.3) is 5.91 Å². The number of aromatic nitrogens is 3. The van der Waals surface area contributed by atoms with Gasteiger partial charge in [-0.2, -0.15) is 0 Å². The van der Waals surface area contributed by atoms with Gasteiger partial charge < -0.3 is 24.5 Å². The van der Waals surface area contributed by atoms with Gasteiger partial charge in [0.1, 0.15) is 5.69 Å². The number of carbonyl (C=O) groups is 1. The predicted octanol–water partition coefficient (Wildman–Crippen LogP) is 4.73. The van der Waals surface area contributed by atoms with E-state index < -0.39 is 0 Å². The number of carbonyl (C=O) groups excluding carboxylic acids is 1. The van der Waals surface area contributed by atoms with Crippen molar-refractivity contribution in [3.63, 3.8) is 0 Å². The molecule has 0 radical (unpaired) electrons. The molecule has 0 fully saturated rings. The van der Waals surface area contributed by atoms with E-state index in [9.17, 15) is 4.79 Å². The molecule has 35 heavy (non-hydrogen) atoms. The second kappa shape index (κ2) is 9.34. The van der Waals surface area contributed by atoms with Gasteiger partial charge in [-0.15, -0.1) is 0 Å². The smallest absolute Gasteiger partial charge is 0.270 e. The van der Waals surface area contributed by atoms with Crippen LogP contribution in [0.3, 0.4) is 0 Å². The number of methoxy groups -OCH3 is 3. The molecule has 8 heteroatoms. The topological polar surface area (TPSA) is 98.4 Å². The molecule has 8 nitrogen and oxygen atoms in total. The van der Waals surface area contributed by atoms with Gasteiger partial charge >= 0.3 is 0 Å². The van der Waals surface area contributed by atoms with Gasteiger partial charge in [-0.05, 0) is 35.9 Å². The van der Waals surface area contributed by atoms with Crippen LogP contribution in [0.1, 0.15) is 16.1 Å². The van der Waals surface area contributed by atoms with E-state index in [1.54, 1.807) is 33.7 Å². The Kier molecular flexibility index (Phi) is 5.93. The van der Waals surface area contributed by atoms with Crippen molar-refractivity contribution in [2.45, 2.75) is 6.54 Å². The number of nitrogens with zero attached hydrogens (tertiary/aromatic N) is 2. The minimum atomic E-state index is -0.283. The van der Waals surface area contributed by atoms with Crippen molar-refractivity contribution in [1.82, 2.24) is 20.3 Å². The molecule has 0 saturated carbocycles. The van der Waals surface area contributed by atoms with Crippen molar-refractivity contribution in [3.05, 3.63) is 78.2 Å². The average molecular weight is 469 g/mol. The third-order valence-corrected chi connectivity index (χ3v) is 5.84. The Labute approximate surface area is 201 Å². The fraction of sp³-hybridized carbons (Fsp3) is 0.148. The van der Waals surface area contributed by atoms with E-state index in [1.807, 2.05) is 54.6 Å². The van der Waals surface area contributed by atoms with Crippen LogP contribution in [-0.2, 0) is 6.54 Å². The third kappa shape index (κ3) is 4.10. The van der Waals surface area contributed by atoms with E-state index in [2.05, 4.69) is 15.3 Å². The standard InChI is InChI=1S/C27H24N4O4/c1-33-22-11-17(12-23(34-2)26(22)35-3)24-25-19(18-8-4-5-9-20(18)30-25)13-21(31-24)27(32)29-15-16-7-6-10-28-14-16/h4-14,30H,15H2,1-3H3,(H,29,32). The van der Waals surface area contributed by atoms with E-state index >= 15 is 0 Å². The maximum absolute atomic E-state index is 13.2. The van der Waals surface area contributed by atoms with Gasteiger partial charge in [0.2, 0.25) is 5.75 Å². The van der Waals surface area contributed by atoms with Crippen molar-refractivity contribution in [2.75, 3.05) is 21.3 Å². The normalized spacial score (nSPS) is 10.9. The summed E-state index contributed by atoms with van der Waals surface area (Å²) in [6, 6.07) is 17.2. The predicted molar refractivity (Wildman–Crippen MR) is 134 cm³/mol. The van der Waals surface area contributed by atoms with Crippen LogP contribution in [0.15, 0.2) is 67.0 Å². The number of nitrogens with one attached hydrogen (secondary N) is 2. The van der Waals surface area contributed by atoms with Crippen LogP contribution in [-0.4, -0.2) is 42.2 Å². The maximum Gasteiger partial charge on any atom is 0.270 e. The first-order valence-corrected chi connectivity index (χ1v) is 11.0. The number of H-pyrrole nitrogens is 1. The first kappa shape index (κ1) is 22.2. The van der Waals surface area contributed by atoms with E-state index in [1.165, 1.54) is 0 Å². The largest absolute Gasteiger partial charge is 0.493 e. The average Bonchev–Trinajstić information content (AvgIpc) is 3.29. The molecular formula is C27H24N4O4. The SMILES string of the molecule is COc1cc(-c2nc(C(=O)NCc3cccnc3)cc3c2[nH]c2ccccc23)cc(OC)c1OC. The molecular weight excluding hydrogens is 444 g/mol. The van der Waals surface area contributed by atoms with Crippen LogP contribution >= 0.6 is 0 Å². The number of rotatable bonds is 7. The van der Waals surface area contributed by atoms with Gasteiger partial charge in [0.05, 0.1) is 32.5 Å². The molecule has 3 aromatic heterocycles. The Balaban J connectivity index is 1.67. The van der Waals surface area contributed by atoms with E-state index in [4.69, 9.17) is 19.2 Å². The first-order valence-electron chi connectivity index (χ1n) is 11.0. The van der Waals surface area contributed by atoms with Crippen LogP contribution in [0.2, 0.25) is 0 Å². The van der Waals surface area contributed by atoms with Crippen LogP contribution in [0.5, 0.6) is 17.2 Å². The Morgan fingerprint density at radius 3 is 2.40 bits per heavy atom. The number of fused-ring (bicyclic) bond motifs is 3. The van der Waals surface area contributed by atoms with Crippen LogP contribution in [0, 0.1) is 0 Å². The number of hydrogen-bond donors (Lipinski definition) is 2. The highest BCUT2D eigenvalue weighted by atomic mass is 16.5. The molecule has 0 saturated heterocycles. The second-order valence-corrected chi connectivity index (χ2v) is 7.91. The summed E-state index contributed by atoms with van der Waals surface area (Å²) in [7, 11) is 4.69. The fourth-order valence-electron chi connectivity index (χ4n) is 4.16. The van der Waals surface area contributed by atoms with Crippen LogP contribution in [0.4, 0.5) is 0 Å². The summed E-state index contributed by atoms with van der Waals surface area (Å²) in [5.74, 6) is 1.20. The van der Waals surface area contributed by atoms with Gasteiger partial charge in [-0.3, -0.25) is 9.78 Å². The zero-order valence-electron chi connectivity index (χ0n) is 19.6. The highest BCUT2D eigenvalue weighted by molar-refractivity contribution is 6.13. The lowest BCUT2D eigenvalue weighted by Crippen LogP contribution is -2.24. The van der Waals surface area contributed by atoms with Crippen molar-refractivity contribution in [1.29, 1.82) is 0 Å². The van der Waals surface area contributed by atoms with E-state index in [0.29, 0.717) is 35.2 Å². The number of amides is 1. The summed E-state index contributed by atoms with van der Waals surface area (Å²) in [6.07, 6.45) is 3.42. The van der Waals surface area contributed by atoms with Crippen LogP contribution < -0.4 is 19.5 Å². The Morgan fingerprint density at radius 2 is 1.71 bits per heavy atom. The lowest BCUT2D eigenvalue weighted by molar-refractivity contribution is 0.0946. The lowest BCUT2D eigenvalue weighted by atomic mass is 10.0. The van der Waals surface area contributed by atoms with Crippen molar-refractivity contribution < 1.29 is 19.0 Å². The zero-order chi connectivity index (χ0) is 24.4. The lowest BCUT2D eigenvalue weighted by Gasteiger charge is -2.15. The van der Waals surface area contributed by atoms with E-state index in [0.717, 1.165) is 32.9 Å². The quantitative estimate of drug-likeness (QED) is 0.358. The molecule has 0 aliphatic rings. The molecule has 0 aliphatic heterocycles. The molecule has 2 aromatic carbocycles. The van der Waals surface area contributed by atoms with Gasteiger partial charge in [-0.1, -0.05) is 24.3 Å². The van der Waals surface area contributed by atoms with Gasteiger partial charge in [0.15, 0.2) is 11.5 Å². The Bertz CT molecular complexity index is 1500. The zero-order valence-corrected chi connectivity index (χ0v) is 19.6. The second-order valence-electron chi connectivity index (χ2n) is 7.91. The number of aromatic amines is 1. The summed E-state index contributed by atoms with van der Waals surface area (Å²) in [4.78, 5) is 25.5. The highest BCUT2D eigenvalue weighted by Crippen LogP contribution is 2.42. The van der Waals surface area contributed by atoms with Gasteiger partial charge in [-0.25, -0.2) is 4.98 Å². The van der Waals surface area contributed by atoms with Crippen molar-refractivity contribution >= 4 is 27.7 Å². The van der Waals surface area contributed by atoms with Crippen molar-refractivity contribution in [2.24, 2.45) is 0 Å². The van der Waals surface area contributed by atoms with E-state index in [-0.39, 0.29) is 5.91 Å². The third-order valence-electron chi connectivity index (χ3n) is 5.84. The molecule has 0 atom stereocenters. The summed E-state index contributed by atoms with van der Waals surface area (Å²) < 4.78 is 16.6. The molecule has 3 heterocycles. The monoisotopic (exact) mass is 468 g/mol. The number of para-hydroxylation sites is 1. The molecule has 1 amide bonds. The molecule has 2 N–H and O–H groups in total. The number of hydrogen-bond acceptors (Lipinski definition) is 6. The molecule has 0 spiro atoms. The molecule has 0 unspecified atom stereocenters. The Morgan fingerprint density at radius 1 is 0.943 bits per heavy atom. The minimum absolute atomic E-state index is 0.283. The molecule has 5 rings (SSSR count). The van der Waals surface area contributed by atoms with Gasteiger partial charge in [0, 0.05) is 40.8 Å². The Hall–Kier alpha value is -4.59. The summed E-state index contributed by atoms with van der Waals surface area (Å²) in [6.45, 7) is 0.347. The maximum atomic E-state index is 13.2. The highest BCUT2D eigenvalue weighted by Gasteiger charge is 2.20. The fourth-order valence-corrected chi connectivity index (χ4v) is 4.16. The molecule has 0 aliphatic carbocycles. The van der Waals surface area contributed by atoms with Crippen LogP contribution in [0.25, 0.3) is 33.1 Å².